The summed E-state index contributed by atoms with van der Waals surface area (Å²) in [6, 6.07) is 4.82. The Morgan fingerprint density at radius 3 is 2.36 bits per heavy atom. The molecule has 6 nitrogen and oxygen atoms in total. The number of benzene rings is 1. The Morgan fingerprint density at radius 2 is 1.80 bits per heavy atom. The molecule has 1 aromatic rings. The van der Waals surface area contributed by atoms with E-state index in [2.05, 4.69) is 10.6 Å². The molecule has 0 aliphatic rings. The molecule has 0 radical (unpaired) electrons. The van der Waals surface area contributed by atoms with Crippen LogP contribution in [0.4, 0.5) is 5.69 Å². The van der Waals surface area contributed by atoms with Gasteiger partial charge in [-0.2, -0.15) is 0 Å². The number of ether oxygens (including phenoxy) is 1. The molecule has 0 aliphatic heterocycles. The molecule has 1 rings (SSSR count). The lowest BCUT2D eigenvalue weighted by molar-refractivity contribution is -0.124. The topological polar surface area (TPSA) is 84.5 Å². The number of amides is 2. The van der Waals surface area contributed by atoms with Crippen LogP contribution in [0.5, 0.6) is 5.75 Å². The number of Topliss-reactive ketones (excluding diaryl/α,β-unsaturated/α-hetero) is 1. The maximum absolute atomic E-state index is 12.0. The van der Waals surface area contributed by atoms with Crippen LogP contribution >= 0.6 is 0 Å². The Morgan fingerprint density at radius 1 is 1.12 bits per heavy atom. The van der Waals surface area contributed by atoms with Crippen LogP contribution in [0, 0.1) is 0 Å². The number of carbonyl (C=O) groups is 3. The second-order valence-electron chi connectivity index (χ2n) is 6.64. The van der Waals surface area contributed by atoms with E-state index < -0.39 is 0 Å². The van der Waals surface area contributed by atoms with Crippen molar-refractivity contribution >= 4 is 23.3 Å². The minimum absolute atomic E-state index is 0.105. The highest BCUT2D eigenvalue weighted by atomic mass is 16.5. The summed E-state index contributed by atoms with van der Waals surface area (Å²) < 4.78 is 5.51. The highest BCUT2D eigenvalue weighted by Crippen LogP contribution is 2.24. The van der Waals surface area contributed by atoms with Crippen LogP contribution in [0.3, 0.4) is 0 Å². The molecular weight excluding hydrogens is 320 g/mol. The van der Waals surface area contributed by atoms with E-state index in [1.54, 1.807) is 18.2 Å². The number of anilines is 1. The SMILES string of the molecule is CCCC(=O)Nc1ccc(OCC(=O)NC(C)(C)CC)c(C(C)=O)c1. The third-order valence-electron chi connectivity index (χ3n) is 3.84. The van der Waals surface area contributed by atoms with Crippen LogP contribution in [-0.2, 0) is 9.59 Å². The van der Waals surface area contributed by atoms with Crippen molar-refractivity contribution < 1.29 is 19.1 Å². The van der Waals surface area contributed by atoms with Crippen LogP contribution in [0.25, 0.3) is 0 Å². The average molecular weight is 348 g/mol. The average Bonchev–Trinajstić information content (AvgIpc) is 2.53. The van der Waals surface area contributed by atoms with Crippen molar-refractivity contribution in [1.82, 2.24) is 5.32 Å². The highest BCUT2D eigenvalue weighted by Gasteiger charge is 2.19. The number of ketones is 1. The first-order valence-corrected chi connectivity index (χ1v) is 8.57. The predicted octanol–water partition coefficient (Wildman–Crippen LogP) is 3.31. The Labute approximate surface area is 149 Å². The molecule has 0 bridgehead atoms. The van der Waals surface area contributed by atoms with E-state index in [-0.39, 0.29) is 29.7 Å². The largest absolute Gasteiger partial charge is 0.483 e. The van der Waals surface area contributed by atoms with Gasteiger partial charge >= 0.3 is 0 Å². The fraction of sp³-hybridized carbons (Fsp3) is 0.526. The normalized spacial score (nSPS) is 10.9. The van der Waals surface area contributed by atoms with Gasteiger partial charge in [0.15, 0.2) is 12.4 Å². The third-order valence-corrected chi connectivity index (χ3v) is 3.84. The molecule has 0 spiro atoms. The summed E-state index contributed by atoms with van der Waals surface area (Å²) in [6.07, 6.45) is 1.96. The summed E-state index contributed by atoms with van der Waals surface area (Å²) >= 11 is 0. The molecule has 1 aromatic carbocycles. The molecule has 25 heavy (non-hydrogen) atoms. The molecule has 0 saturated carbocycles. The second-order valence-corrected chi connectivity index (χ2v) is 6.64. The minimum atomic E-state index is -0.308. The summed E-state index contributed by atoms with van der Waals surface area (Å²) in [4.78, 5) is 35.5. The minimum Gasteiger partial charge on any atom is -0.483 e. The lowest BCUT2D eigenvalue weighted by Gasteiger charge is -2.24. The molecule has 6 heteroatoms. The molecule has 0 heterocycles. The molecule has 0 saturated heterocycles. The fourth-order valence-electron chi connectivity index (χ4n) is 2.10. The fourth-order valence-corrected chi connectivity index (χ4v) is 2.10. The zero-order valence-corrected chi connectivity index (χ0v) is 15.7. The maximum atomic E-state index is 12.0. The van der Waals surface area contributed by atoms with Crippen molar-refractivity contribution in [2.45, 2.75) is 59.4 Å². The van der Waals surface area contributed by atoms with Gasteiger partial charge in [0.2, 0.25) is 5.91 Å². The van der Waals surface area contributed by atoms with Crippen molar-refractivity contribution in [2.75, 3.05) is 11.9 Å². The molecule has 2 N–H and O–H groups in total. The van der Waals surface area contributed by atoms with Gasteiger partial charge in [-0.1, -0.05) is 13.8 Å². The van der Waals surface area contributed by atoms with E-state index in [4.69, 9.17) is 4.74 Å². The van der Waals surface area contributed by atoms with Gasteiger partial charge in [0.25, 0.3) is 5.91 Å². The summed E-state index contributed by atoms with van der Waals surface area (Å²) in [5.74, 6) is -0.227. The molecule has 0 unspecified atom stereocenters. The summed E-state index contributed by atoms with van der Waals surface area (Å²) in [6.45, 7) is 9.01. The van der Waals surface area contributed by atoms with Gasteiger partial charge in [0.1, 0.15) is 5.75 Å². The lowest BCUT2D eigenvalue weighted by Crippen LogP contribution is -2.44. The lowest BCUT2D eigenvalue weighted by atomic mass is 10.0. The first-order valence-electron chi connectivity index (χ1n) is 8.57. The van der Waals surface area contributed by atoms with Crippen molar-refractivity contribution in [1.29, 1.82) is 0 Å². The first-order chi connectivity index (χ1) is 11.7. The van der Waals surface area contributed by atoms with Crippen molar-refractivity contribution in [2.24, 2.45) is 0 Å². The Kier molecular flexibility index (Phi) is 7.61. The van der Waals surface area contributed by atoms with E-state index >= 15 is 0 Å². The number of nitrogens with one attached hydrogen (secondary N) is 2. The van der Waals surface area contributed by atoms with E-state index in [9.17, 15) is 14.4 Å². The van der Waals surface area contributed by atoms with Crippen LogP contribution in [0.1, 0.15) is 64.2 Å². The molecule has 138 valence electrons. The van der Waals surface area contributed by atoms with Gasteiger partial charge in [-0.3, -0.25) is 14.4 Å². The number of hydrogen-bond acceptors (Lipinski definition) is 4. The summed E-state index contributed by atoms with van der Waals surface area (Å²) in [7, 11) is 0. The van der Waals surface area contributed by atoms with Gasteiger partial charge in [0, 0.05) is 17.6 Å². The van der Waals surface area contributed by atoms with E-state index in [0.717, 1.165) is 12.8 Å². The molecule has 0 fully saturated rings. The van der Waals surface area contributed by atoms with Crippen molar-refractivity contribution in [3.8, 4) is 5.75 Å². The van der Waals surface area contributed by atoms with Crippen LogP contribution in [0.2, 0.25) is 0 Å². The molecule has 0 aromatic heterocycles. The maximum Gasteiger partial charge on any atom is 0.258 e. The van der Waals surface area contributed by atoms with Crippen LogP contribution in [-0.4, -0.2) is 29.7 Å². The smallest absolute Gasteiger partial charge is 0.258 e. The van der Waals surface area contributed by atoms with E-state index in [0.29, 0.717) is 23.4 Å². The van der Waals surface area contributed by atoms with Crippen LogP contribution < -0.4 is 15.4 Å². The molecular formula is C19H28N2O4. The molecule has 0 atom stereocenters. The van der Waals surface area contributed by atoms with Gasteiger partial charge in [-0.15, -0.1) is 0 Å². The number of carbonyl (C=O) groups excluding carboxylic acids is 3. The second kappa shape index (κ2) is 9.20. The zero-order chi connectivity index (χ0) is 19.0. The predicted molar refractivity (Wildman–Crippen MR) is 98.0 cm³/mol. The third kappa shape index (κ3) is 6.95. The van der Waals surface area contributed by atoms with E-state index in [1.807, 2.05) is 27.7 Å². The Bertz CT molecular complexity index is 638. The summed E-state index contributed by atoms with van der Waals surface area (Å²) in [5, 5.41) is 5.61. The van der Waals surface area contributed by atoms with Gasteiger partial charge in [-0.25, -0.2) is 0 Å². The zero-order valence-electron chi connectivity index (χ0n) is 15.7. The standard InChI is InChI=1S/C19H28N2O4/c1-6-8-17(23)20-14-9-10-16(15(11-14)13(3)22)25-12-18(24)21-19(4,5)7-2/h9-11H,6-8,12H2,1-5H3,(H,20,23)(H,21,24). The number of hydrogen-bond donors (Lipinski definition) is 2. The van der Waals surface area contributed by atoms with Crippen molar-refractivity contribution in [3.63, 3.8) is 0 Å². The highest BCUT2D eigenvalue weighted by molar-refractivity contribution is 5.99. The number of rotatable bonds is 9. The summed E-state index contributed by atoms with van der Waals surface area (Å²) in [5.41, 5.74) is 0.557. The molecule has 2 amide bonds. The Hall–Kier alpha value is -2.37. The molecule has 0 aliphatic carbocycles. The van der Waals surface area contributed by atoms with Gasteiger partial charge in [0.05, 0.1) is 5.56 Å². The first kappa shape index (κ1) is 20.7. The van der Waals surface area contributed by atoms with Gasteiger partial charge in [-0.05, 0) is 51.8 Å². The van der Waals surface area contributed by atoms with Crippen LogP contribution in [0.15, 0.2) is 18.2 Å². The van der Waals surface area contributed by atoms with E-state index in [1.165, 1.54) is 6.92 Å². The Balaban J connectivity index is 2.81. The quantitative estimate of drug-likeness (QED) is 0.671. The van der Waals surface area contributed by atoms with Gasteiger partial charge < -0.3 is 15.4 Å². The monoisotopic (exact) mass is 348 g/mol. The van der Waals surface area contributed by atoms with Crippen molar-refractivity contribution in [3.05, 3.63) is 23.8 Å².